The Balaban J connectivity index is 1.85. The molecule has 138 valence electrons. The molecule has 0 unspecified atom stereocenters. The number of ether oxygens (including phenoxy) is 1. The van der Waals surface area contributed by atoms with Gasteiger partial charge in [0, 0.05) is 6.42 Å². The minimum absolute atomic E-state index is 0.158. The van der Waals surface area contributed by atoms with Crippen molar-refractivity contribution in [2.45, 2.75) is 41.7 Å². The van der Waals surface area contributed by atoms with E-state index in [9.17, 15) is 13.2 Å². The quantitative estimate of drug-likeness (QED) is 0.596. The average Bonchev–Trinajstić information content (AvgIpc) is 3.13. The third kappa shape index (κ3) is 3.59. The average molecular weight is 375 g/mol. The summed E-state index contributed by atoms with van der Waals surface area (Å²) in [5.41, 5.74) is 1.55. The topological polar surface area (TPSA) is 92.7 Å². The molecule has 3 rings (SSSR count). The van der Waals surface area contributed by atoms with Gasteiger partial charge in [-0.15, -0.1) is 0 Å². The summed E-state index contributed by atoms with van der Waals surface area (Å²) in [6, 6.07) is 15.4. The number of carbonyl (C=O) groups excluding carboxylic acids is 1. The third-order valence-electron chi connectivity index (χ3n) is 4.81. The molecule has 0 aromatic heterocycles. The second kappa shape index (κ2) is 7.47. The molecule has 0 bridgehead atoms. The van der Waals surface area contributed by atoms with Gasteiger partial charge in [-0.3, -0.25) is 10.0 Å². The fourth-order valence-corrected chi connectivity index (χ4v) is 5.60. The first-order valence-electron chi connectivity index (χ1n) is 8.47. The lowest BCUT2D eigenvalue weighted by Crippen LogP contribution is -2.40. The SMILES string of the molecule is O=C(CC1(S(=O)(=O)c2ccc(Oc3ccccc3)cc2)CCCC1)NO. The Bertz CT molecular complexity index is 857. The van der Waals surface area contributed by atoms with Gasteiger partial charge in [-0.1, -0.05) is 31.0 Å². The molecule has 2 N–H and O–H groups in total. The van der Waals surface area contributed by atoms with E-state index in [1.54, 1.807) is 17.6 Å². The Morgan fingerprint density at radius 2 is 1.58 bits per heavy atom. The molecule has 6 nitrogen and oxygen atoms in total. The van der Waals surface area contributed by atoms with Gasteiger partial charge in [0.1, 0.15) is 11.5 Å². The van der Waals surface area contributed by atoms with Crippen molar-refractivity contribution >= 4 is 15.7 Å². The van der Waals surface area contributed by atoms with Crippen LogP contribution >= 0.6 is 0 Å². The van der Waals surface area contributed by atoms with Crippen molar-refractivity contribution in [1.29, 1.82) is 0 Å². The number of nitrogens with one attached hydrogen (secondary N) is 1. The summed E-state index contributed by atoms with van der Waals surface area (Å²) in [5.74, 6) is 0.512. The molecule has 1 saturated carbocycles. The largest absolute Gasteiger partial charge is 0.457 e. The summed E-state index contributed by atoms with van der Waals surface area (Å²) in [6.45, 7) is 0. The fraction of sp³-hybridized carbons (Fsp3) is 0.316. The summed E-state index contributed by atoms with van der Waals surface area (Å²) in [7, 11) is -3.72. The molecular weight excluding hydrogens is 354 g/mol. The van der Waals surface area contributed by atoms with E-state index in [0.717, 1.165) is 12.8 Å². The lowest BCUT2D eigenvalue weighted by Gasteiger charge is -2.28. The molecule has 2 aromatic rings. The zero-order chi connectivity index (χ0) is 18.6. The Morgan fingerprint density at radius 1 is 1.00 bits per heavy atom. The number of hydrogen-bond donors (Lipinski definition) is 2. The van der Waals surface area contributed by atoms with E-state index in [1.807, 2.05) is 30.3 Å². The van der Waals surface area contributed by atoms with E-state index in [2.05, 4.69) is 0 Å². The predicted molar refractivity (Wildman–Crippen MR) is 95.9 cm³/mol. The van der Waals surface area contributed by atoms with Crippen molar-refractivity contribution in [2.75, 3.05) is 0 Å². The van der Waals surface area contributed by atoms with Gasteiger partial charge in [-0.05, 0) is 49.2 Å². The van der Waals surface area contributed by atoms with Crippen LogP contribution in [0.1, 0.15) is 32.1 Å². The van der Waals surface area contributed by atoms with Crippen LogP contribution in [-0.2, 0) is 14.6 Å². The van der Waals surface area contributed by atoms with Crippen molar-refractivity contribution in [2.24, 2.45) is 0 Å². The highest BCUT2D eigenvalue weighted by molar-refractivity contribution is 7.92. The van der Waals surface area contributed by atoms with Crippen LogP contribution in [0.15, 0.2) is 59.5 Å². The van der Waals surface area contributed by atoms with E-state index in [1.165, 1.54) is 12.1 Å². The second-order valence-corrected chi connectivity index (χ2v) is 8.84. The van der Waals surface area contributed by atoms with E-state index >= 15 is 0 Å². The zero-order valence-electron chi connectivity index (χ0n) is 14.2. The number of hydrogen-bond acceptors (Lipinski definition) is 5. The van der Waals surface area contributed by atoms with Crippen LogP contribution in [0.3, 0.4) is 0 Å². The van der Waals surface area contributed by atoms with Crippen LogP contribution in [0.2, 0.25) is 0 Å². The van der Waals surface area contributed by atoms with Crippen LogP contribution in [0.25, 0.3) is 0 Å². The molecular formula is C19H21NO5S. The van der Waals surface area contributed by atoms with Crippen LogP contribution in [-0.4, -0.2) is 24.3 Å². The summed E-state index contributed by atoms with van der Waals surface area (Å²) < 4.78 is 30.9. The predicted octanol–water partition coefficient (Wildman–Crippen LogP) is 3.46. The molecule has 1 aliphatic carbocycles. The van der Waals surface area contributed by atoms with Gasteiger partial charge in [0.25, 0.3) is 0 Å². The molecule has 1 fully saturated rings. The van der Waals surface area contributed by atoms with E-state index < -0.39 is 20.5 Å². The minimum atomic E-state index is -3.72. The van der Waals surface area contributed by atoms with Gasteiger partial charge in [-0.2, -0.15) is 0 Å². The van der Waals surface area contributed by atoms with Gasteiger partial charge >= 0.3 is 0 Å². The minimum Gasteiger partial charge on any atom is -0.457 e. The van der Waals surface area contributed by atoms with E-state index in [-0.39, 0.29) is 11.3 Å². The van der Waals surface area contributed by atoms with Crippen molar-refractivity contribution in [3.63, 3.8) is 0 Å². The van der Waals surface area contributed by atoms with Crippen LogP contribution in [0, 0.1) is 0 Å². The summed E-state index contributed by atoms with van der Waals surface area (Å²) >= 11 is 0. The number of benzene rings is 2. The smallest absolute Gasteiger partial charge is 0.244 e. The summed E-state index contributed by atoms with van der Waals surface area (Å²) in [4.78, 5) is 11.8. The van der Waals surface area contributed by atoms with Crippen molar-refractivity contribution < 1.29 is 23.2 Å². The Hall–Kier alpha value is -2.38. The Labute approximate surface area is 152 Å². The zero-order valence-corrected chi connectivity index (χ0v) is 15.0. The number of para-hydroxylation sites is 1. The lowest BCUT2D eigenvalue weighted by molar-refractivity contribution is -0.129. The van der Waals surface area contributed by atoms with Crippen molar-refractivity contribution in [3.05, 3.63) is 54.6 Å². The first-order valence-corrected chi connectivity index (χ1v) is 9.96. The first-order chi connectivity index (χ1) is 12.5. The maximum Gasteiger partial charge on any atom is 0.244 e. The van der Waals surface area contributed by atoms with Gasteiger partial charge in [-0.25, -0.2) is 13.9 Å². The maximum atomic E-state index is 13.2. The molecule has 7 heteroatoms. The summed E-state index contributed by atoms with van der Waals surface area (Å²) in [6.07, 6.45) is 2.06. The van der Waals surface area contributed by atoms with Gasteiger partial charge in [0.15, 0.2) is 9.84 Å². The van der Waals surface area contributed by atoms with E-state index in [4.69, 9.17) is 9.94 Å². The van der Waals surface area contributed by atoms with Crippen LogP contribution in [0.5, 0.6) is 11.5 Å². The number of rotatable bonds is 6. The highest BCUT2D eigenvalue weighted by Crippen LogP contribution is 2.43. The normalized spacial score (nSPS) is 16.2. The Kier molecular flexibility index (Phi) is 5.29. The van der Waals surface area contributed by atoms with Crippen molar-refractivity contribution in [3.8, 4) is 11.5 Å². The molecule has 0 radical (unpaired) electrons. The molecule has 0 spiro atoms. The molecule has 0 atom stereocenters. The third-order valence-corrected chi connectivity index (χ3v) is 7.39. The highest BCUT2D eigenvalue weighted by atomic mass is 32.2. The lowest BCUT2D eigenvalue weighted by atomic mass is 10.0. The number of carbonyl (C=O) groups is 1. The number of sulfone groups is 1. The maximum absolute atomic E-state index is 13.2. The second-order valence-electron chi connectivity index (χ2n) is 6.49. The van der Waals surface area contributed by atoms with Crippen LogP contribution < -0.4 is 10.2 Å². The number of amides is 1. The van der Waals surface area contributed by atoms with Gasteiger partial charge in [0.05, 0.1) is 9.64 Å². The molecule has 2 aromatic carbocycles. The van der Waals surface area contributed by atoms with Gasteiger partial charge < -0.3 is 4.74 Å². The first kappa shape index (κ1) is 18.4. The number of hydroxylamine groups is 1. The van der Waals surface area contributed by atoms with E-state index in [0.29, 0.717) is 24.3 Å². The Morgan fingerprint density at radius 3 is 2.15 bits per heavy atom. The fourth-order valence-electron chi connectivity index (χ4n) is 3.45. The molecule has 0 saturated heterocycles. The molecule has 1 aliphatic rings. The molecule has 0 heterocycles. The standard InChI is InChI=1S/C19H21NO5S/c21-18(20-22)14-19(12-4-5-13-19)26(23,24)17-10-8-16(9-11-17)25-15-6-2-1-3-7-15/h1-3,6-11,22H,4-5,12-14H2,(H,20,21). The summed E-state index contributed by atoms with van der Waals surface area (Å²) in [5, 5.41) is 8.81. The van der Waals surface area contributed by atoms with Crippen molar-refractivity contribution in [1.82, 2.24) is 5.48 Å². The van der Waals surface area contributed by atoms with Gasteiger partial charge in [0.2, 0.25) is 5.91 Å². The monoisotopic (exact) mass is 375 g/mol. The van der Waals surface area contributed by atoms with Crippen LogP contribution in [0.4, 0.5) is 0 Å². The molecule has 1 amide bonds. The molecule has 26 heavy (non-hydrogen) atoms. The molecule has 0 aliphatic heterocycles. The highest BCUT2D eigenvalue weighted by Gasteiger charge is 2.48.